The standard InChI is InChI=1S/C15H18N2O/c1-9-4-5-14(10(2)6-9)18-15-11(3)7-12(16)8-13(15)17/h4-8H,16-17H2,1-3H3. The first kappa shape index (κ1) is 12.3. The zero-order valence-corrected chi connectivity index (χ0v) is 10.9. The van der Waals surface area contributed by atoms with Crippen molar-refractivity contribution in [1.29, 1.82) is 0 Å². The molecule has 0 unspecified atom stereocenters. The summed E-state index contributed by atoms with van der Waals surface area (Å²) in [5.74, 6) is 1.50. The fraction of sp³-hybridized carbons (Fsp3) is 0.200. The predicted molar refractivity (Wildman–Crippen MR) is 76.0 cm³/mol. The third kappa shape index (κ3) is 2.40. The summed E-state index contributed by atoms with van der Waals surface area (Å²) in [5.41, 5.74) is 16.1. The number of rotatable bonds is 2. The Kier molecular flexibility index (Phi) is 3.15. The minimum atomic E-state index is 0.562. The summed E-state index contributed by atoms with van der Waals surface area (Å²) in [5, 5.41) is 0. The smallest absolute Gasteiger partial charge is 0.153 e. The van der Waals surface area contributed by atoms with Crippen molar-refractivity contribution in [2.24, 2.45) is 0 Å². The number of nitrogen functional groups attached to an aromatic ring is 2. The summed E-state index contributed by atoms with van der Waals surface area (Å²) in [6.45, 7) is 6.01. The van der Waals surface area contributed by atoms with Gasteiger partial charge in [0.25, 0.3) is 0 Å². The molecule has 18 heavy (non-hydrogen) atoms. The van der Waals surface area contributed by atoms with Gasteiger partial charge in [-0.05, 0) is 50.1 Å². The van der Waals surface area contributed by atoms with E-state index in [9.17, 15) is 0 Å². The molecule has 3 nitrogen and oxygen atoms in total. The Bertz CT molecular complexity index is 568. The van der Waals surface area contributed by atoms with E-state index >= 15 is 0 Å². The van der Waals surface area contributed by atoms with E-state index in [0.29, 0.717) is 17.1 Å². The van der Waals surface area contributed by atoms with Gasteiger partial charge < -0.3 is 16.2 Å². The number of anilines is 2. The molecule has 0 fully saturated rings. The fourth-order valence-corrected chi connectivity index (χ4v) is 1.99. The maximum Gasteiger partial charge on any atom is 0.153 e. The summed E-state index contributed by atoms with van der Waals surface area (Å²) >= 11 is 0. The molecule has 0 spiro atoms. The quantitative estimate of drug-likeness (QED) is 0.791. The molecule has 2 rings (SSSR count). The van der Waals surface area contributed by atoms with Gasteiger partial charge in [-0.15, -0.1) is 0 Å². The van der Waals surface area contributed by atoms with E-state index in [4.69, 9.17) is 16.2 Å². The molecule has 0 aliphatic carbocycles. The molecule has 94 valence electrons. The van der Waals surface area contributed by atoms with Gasteiger partial charge in [-0.2, -0.15) is 0 Å². The van der Waals surface area contributed by atoms with Gasteiger partial charge in [0.05, 0.1) is 5.69 Å². The molecule has 0 aliphatic rings. The maximum atomic E-state index is 5.95. The van der Waals surface area contributed by atoms with Crippen LogP contribution in [0.1, 0.15) is 16.7 Å². The summed E-state index contributed by atoms with van der Waals surface area (Å²) in [6.07, 6.45) is 0. The second-order valence-electron chi connectivity index (χ2n) is 4.63. The van der Waals surface area contributed by atoms with Gasteiger partial charge in [0, 0.05) is 5.69 Å². The summed E-state index contributed by atoms with van der Waals surface area (Å²) < 4.78 is 5.90. The Morgan fingerprint density at radius 3 is 2.22 bits per heavy atom. The van der Waals surface area contributed by atoms with E-state index in [0.717, 1.165) is 16.9 Å². The van der Waals surface area contributed by atoms with E-state index in [1.54, 1.807) is 6.07 Å². The van der Waals surface area contributed by atoms with Crippen molar-refractivity contribution in [2.75, 3.05) is 11.5 Å². The van der Waals surface area contributed by atoms with Gasteiger partial charge in [-0.25, -0.2) is 0 Å². The lowest BCUT2D eigenvalue weighted by Gasteiger charge is -2.14. The Labute approximate surface area is 107 Å². The largest absolute Gasteiger partial charge is 0.455 e. The van der Waals surface area contributed by atoms with Crippen molar-refractivity contribution < 1.29 is 4.74 Å². The van der Waals surface area contributed by atoms with Crippen LogP contribution in [-0.4, -0.2) is 0 Å². The SMILES string of the molecule is Cc1ccc(Oc2c(C)cc(N)cc2N)c(C)c1. The number of aryl methyl sites for hydroxylation is 3. The van der Waals surface area contributed by atoms with Crippen molar-refractivity contribution in [3.8, 4) is 11.5 Å². The van der Waals surface area contributed by atoms with Crippen LogP contribution in [0.15, 0.2) is 30.3 Å². The molecule has 0 saturated carbocycles. The van der Waals surface area contributed by atoms with E-state index in [1.165, 1.54) is 5.56 Å². The summed E-state index contributed by atoms with van der Waals surface area (Å²) in [6, 6.07) is 9.63. The zero-order valence-electron chi connectivity index (χ0n) is 10.9. The molecule has 0 atom stereocenters. The minimum absolute atomic E-state index is 0.562. The number of benzene rings is 2. The molecule has 0 heterocycles. The van der Waals surface area contributed by atoms with Gasteiger partial charge >= 0.3 is 0 Å². The molecule has 2 aromatic rings. The Hall–Kier alpha value is -2.16. The second kappa shape index (κ2) is 4.61. The summed E-state index contributed by atoms with van der Waals surface area (Å²) in [7, 11) is 0. The van der Waals surface area contributed by atoms with Crippen molar-refractivity contribution in [2.45, 2.75) is 20.8 Å². The van der Waals surface area contributed by atoms with Crippen molar-refractivity contribution in [3.05, 3.63) is 47.0 Å². The van der Waals surface area contributed by atoms with Crippen molar-refractivity contribution >= 4 is 11.4 Å². The molecule has 0 radical (unpaired) electrons. The summed E-state index contributed by atoms with van der Waals surface area (Å²) in [4.78, 5) is 0. The molecule has 2 aromatic carbocycles. The lowest BCUT2D eigenvalue weighted by Crippen LogP contribution is -1.98. The van der Waals surface area contributed by atoms with Crippen LogP contribution in [0.4, 0.5) is 11.4 Å². The molecule has 3 heteroatoms. The van der Waals surface area contributed by atoms with Crippen LogP contribution >= 0.6 is 0 Å². The highest BCUT2D eigenvalue weighted by atomic mass is 16.5. The first-order chi connectivity index (χ1) is 8.47. The highest BCUT2D eigenvalue weighted by Gasteiger charge is 2.09. The molecular weight excluding hydrogens is 224 g/mol. The molecule has 0 saturated heterocycles. The molecular formula is C15H18N2O. The number of ether oxygens (including phenoxy) is 1. The van der Waals surface area contributed by atoms with Gasteiger partial charge in [-0.3, -0.25) is 0 Å². The molecule has 0 amide bonds. The fourth-order valence-electron chi connectivity index (χ4n) is 1.99. The van der Waals surface area contributed by atoms with Crippen LogP contribution < -0.4 is 16.2 Å². The minimum Gasteiger partial charge on any atom is -0.455 e. The van der Waals surface area contributed by atoms with Crippen molar-refractivity contribution in [3.63, 3.8) is 0 Å². The average Bonchev–Trinajstić information content (AvgIpc) is 2.25. The van der Waals surface area contributed by atoms with E-state index < -0.39 is 0 Å². The van der Waals surface area contributed by atoms with Crippen LogP contribution in [0.25, 0.3) is 0 Å². The van der Waals surface area contributed by atoms with Gasteiger partial charge in [-0.1, -0.05) is 17.7 Å². The Morgan fingerprint density at radius 2 is 1.61 bits per heavy atom. The normalized spacial score (nSPS) is 10.4. The van der Waals surface area contributed by atoms with Gasteiger partial charge in [0.1, 0.15) is 5.75 Å². The molecule has 0 aliphatic heterocycles. The van der Waals surface area contributed by atoms with Gasteiger partial charge in [0.2, 0.25) is 0 Å². The first-order valence-corrected chi connectivity index (χ1v) is 5.88. The van der Waals surface area contributed by atoms with Crippen LogP contribution in [0.2, 0.25) is 0 Å². The topological polar surface area (TPSA) is 61.3 Å². The van der Waals surface area contributed by atoms with E-state index in [-0.39, 0.29) is 0 Å². The number of nitrogens with two attached hydrogens (primary N) is 2. The van der Waals surface area contributed by atoms with E-state index in [2.05, 4.69) is 13.0 Å². The molecule has 0 bridgehead atoms. The second-order valence-corrected chi connectivity index (χ2v) is 4.63. The van der Waals surface area contributed by atoms with Crippen LogP contribution in [0.3, 0.4) is 0 Å². The third-order valence-electron chi connectivity index (χ3n) is 2.87. The Balaban J connectivity index is 2.40. The Morgan fingerprint density at radius 1 is 0.889 bits per heavy atom. The number of hydrogen-bond donors (Lipinski definition) is 2. The highest BCUT2D eigenvalue weighted by Crippen LogP contribution is 2.34. The van der Waals surface area contributed by atoms with Gasteiger partial charge in [0.15, 0.2) is 5.75 Å². The van der Waals surface area contributed by atoms with E-state index in [1.807, 2.05) is 32.0 Å². The number of hydrogen-bond acceptors (Lipinski definition) is 3. The predicted octanol–water partition coefficient (Wildman–Crippen LogP) is 3.57. The molecule has 0 aromatic heterocycles. The lowest BCUT2D eigenvalue weighted by atomic mass is 10.1. The monoisotopic (exact) mass is 242 g/mol. The lowest BCUT2D eigenvalue weighted by molar-refractivity contribution is 0.477. The first-order valence-electron chi connectivity index (χ1n) is 5.88. The highest BCUT2D eigenvalue weighted by molar-refractivity contribution is 5.65. The van der Waals surface area contributed by atoms with Crippen LogP contribution in [0, 0.1) is 20.8 Å². The van der Waals surface area contributed by atoms with Crippen LogP contribution in [-0.2, 0) is 0 Å². The molecule has 4 N–H and O–H groups in total. The van der Waals surface area contributed by atoms with Crippen molar-refractivity contribution in [1.82, 2.24) is 0 Å². The third-order valence-corrected chi connectivity index (χ3v) is 2.87. The average molecular weight is 242 g/mol. The van der Waals surface area contributed by atoms with Crippen LogP contribution in [0.5, 0.6) is 11.5 Å². The zero-order chi connectivity index (χ0) is 13.3. The maximum absolute atomic E-state index is 5.95.